The van der Waals surface area contributed by atoms with Crippen LogP contribution < -0.4 is 5.32 Å². The van der Waals surface area contributed by atoms with E-state index in [1.54, 1.807) is 0 Å². The van der Waals surface area contributed by atoms with Gasteiger partial charge >= 0.3 is 0 Å². The van der Waals surface area contributed by atoms with Gasteiger partial charge in [0.1, 0.15) is 11.5 Å². The van der Waals surface area contributed by atoms with Crippen molar-refractivity contribution in [2.24, 2.45) is 5.10 Å². The Kier molecular flexibility index (Phi) is 5.37. The lowest BCUT2D eigenvalue weighted by Gasteiger charge is -2.23. The summed E-state index contributed by atoms with van der Waals surface area (Å²) in [6.07, 6.45) is 0.632. The Morgan fingerprint density at radius 2 is 1.83 bits per heavy atom. The molecule has 0 aliphatic carbocycles. The first-order chi connectivity index (χ1) is 14.2. The molecule has 29 heavy (non-hydrogen) atoms. The standard InChI is InChI=1S/C22H23N5O2/c1-2-26-19-11-7-6-10-17(19)24-20(26)14-23-22(29)18-12-13-21(28)27(25-18)15-16-8-4-3-5-9-16/h3-11H,2,12-15H2,1H3,(H,23,29). The summed E-state index contributed by atoms with van der Waals surface area (Å²) in [7, 11) is 0. The monoisotopic (exact) mass is 389 g/mol. The summed E-state index contributed by atoms with van der Waals surface area (Å²) in [4.78, 5) is 29.5. The maximum Gasteiger partial charge on any atom is 0.267 e. The second-order valence-electron chi connectivity index (χ2n) is 6.93. The molecule has 1 aliphatic rings. The fourth-order valence-corrected chi connectivity index (χ4v) is 3.52. The first-order valence-corrected chi connectivity index (χ1v) is 9.80. The largest absolute Gasteiger partial charge is 0.344 e. The number of hydrogen-bond acceptors (Lipinski definition) is 4. The third-order valence-electron chi connectivity index (χ3n) is 5.00. The first-order valence-electron chi connectivity index (χ1n) is 9.80. The number of para-hydroxylation sites is 2. The van der Waals surface area contributed by atoms with Gasteiger partial charge in [-0.05, 0) is 24.6 Å². The number of imidazole rings is 1. The molecule has 4 rings (SSSR count). The maximum atomic E-state index is 12.7. The summed E-state index contributed by atoms with van der Waals surface area (Å²) in [6, 6.07) is 17.6. The van der Waals surface area contributed by atoms with E-state index >= 15 is 0 Å². The van der Waals surface area contributed by atoms with Crippen LogP contribution in [0.3, 0.4) is 0 Å². The number of hydrogen-bond donors (Lipinski definition) is 1. The Balaban J connectivity index is 1.47. The van der Waals surface area contributed by atoms with Gasteiger partial charge in [-0.15, -0.1) is 0 Å². The van der Waals surface area contributed by atoms with Crippen LogP contribution in [-0.2, 0) is 29.2 Å². The Bertz CT molecular complexity index is 1070. The third kappa shape index (κ3) is 4.03. The van der Waals surface area contributed by atoms with Crippen molar-refractivity contribution in [3.8, 4) is 0 Å². The van der Waals surface area contributed by atoms with Gasteiger partial charge in [0.2, 0.25) is 5.91 Å². The number of benzene rings is 2. The maximum absolute atomic E-state index is 12.7. The molecular weight excluding hydrogens is 366 g/mol. The van der Waals surface area contributed by atoms with Gasteiger partial charge in [-0.3, -0.25) is 9.59 Å². The molecule has 0 bridgehead atoms. The van der Waals surface area contributed by atoms with E-state index in [2.05, 4.69) is 26.9 Å². The van der Waals surface area contributed by atoms with Crippen LogP contribution in [0.5, 0.6) is 0 Å². The number of hydrazone groups is 1. The highest BCUT2D eigenvalue weighted by molar-refractivity contribution is 6.39. The van der Waals surface area contributed by atoms with E-state index < -0.39 is 0 Å². The Hall–Kier alpha value is -3.48. The van der Waals surface area contributed by atoms with Gasteiger partial charge in [0.25, 0.3) is 5.91 Å². The molecule has 2 aromatic carbocycles. The van der Waals surface area contributed by atoms with E-state index in [-0.39, 0.29) is 18.2 Å². The third-order valence-corrected chi connectivity index (χ3v) is 5.00. The number of rotatable bonds is 6. The normalized spacial score (nSPS) is 14.2. The Morgan fingerprint density at radius 3 is 2.62 bits per heavy atom. The average molecular weight is 389 g/mol. The fraction of sp³-hybridized carbons (Fsp3) is 0.273. The van der Waals surface area contributed by atoms with Gasteiger partial charge in [-0.2, -0.15) is 5.10 Å². The van der Waals surface area contributed by atoms with Crippen molar-refractivity contribution < 1.29 is 9.59 Å². The zero-order valence-corrected chi connectivity index (χ0v) is 16.3. The minimum absolute atomic E-state index is 0.0711. The van der Waals surface area contributed by atoms with Crippen molar-refractivity contribution >= 4 is 28.6 Å². The van der Waals surface area contributed by atoms with Crippen molar-refractivity contribution in [3.05, 3.63) is 66.0 Å². The molecule has 1 aromatic heterocycles. The highest BCUT2D eigenvalue weighted by Crippen LogP contribution is 2.16. The van der Waals surface area contributed by atoms with Crippen LogP contribution in [0.25, 0.3) is 11.0 Å². The highest BCUT2D eigenvalue weighted by Gasteiger charge is 2.24. The summed E-state index contributed by atoms with van der Waals surface area (Å²) in [5.74, 6) is 0.471. The minimum Gasteiger partial charge on any atom is -0.344 e. The van der Waals surface area contributed by atoms with Gasteiger partial charge in [0, 0.05) is 19.4 Å². The van der Waals surface area contributed by atoms with Crippen LogP contribution in [0.1, 0.15) is 31.2 Å². The van der Waals surface area contributed by atoms with E-state index in [9.17, 15) is 9.59 Å². The van der Waals surface area contributed by atoms with Crippen molar-refractivity contribution in [1.82, 2.24) is 19.9 Å². The van der Waals surface area contributed by atoms with Crippen molar-refractivity contribution in [2.45, 2.75) is 39.4 Å². The summed E-state index contributed by atoms with van der Waals surface area (Å²) in [5.41, 5.74) is 3.31. The van der Waals surface area contributed by atoms with E-state index in [1.807, 2.05) is 54.6 Å². The lowest BCUT2D eigenvalue weighted by molar-refractivity contribution is -0.132. The number of nitrogens with zero attached hydrogens (tertiary/aromatic N) is 4. The molecule has 7 nitrogen and oxygen atoms in total. The molecule has 2 amide bonds. The molecular formula is C22H23N5O2. The molecule has 3 aromatic rings. The topological polar surface area (TPSA) is 79.6 Å². The van der Waals surface area contributed by atoms with Crippen LogP contribution in [0.2, 0.25) is 0 Å². The summed E-state index contributed by atoms with van der Waals surface area (Å²) >= 11 is 0. The molecule has 0 radical (unpaired) electrons. The summed E-state index contributed by atoms with van der Waals surface area (Å²) < 4.78 is 2.09. The number of aryl methyl sites for hydroxylation is 1. The quantitative estimate of drug-likeness (QED) is 0.704. The van der Waals surface area contributed by atoms with Gasteiger partial charge in [0.15, 0.2) is 0 Å². The number of fused-ring (bicyclic) bond motifs is 1. The second-order valence-corrected chi connectivity index (χ2v) is 6.93. The van der Waals surface area contributed by atoms with Gasteiger partial charge in [0.05, 0.1) is 24.1 Å². The molecule has 0 unspecified atom stereocenters. The SMILES string of the molecule is CCn1c(CNC(=O)C2=NN(Cc3ccccc3)C(=O)CC2)nc2ccccc21. The van der Waals surface area contributed by atoms with E-state index in [0.29, 0.717) is 25.2 Å². The lowest BCUT2D eigenvalue weighted by atomic mass is 10.1. The zero-order valence-electron chi connectivity index (χ0n) is 16.3. The Morgan fingerprint density at radius 1 is 1.07 bits per heavy atom. The van der Waals surface area contributed by atoms with Crippen LogP contribution in [-0.4, -0.2) is 32.1 Å². The van der Waals surface area contributed by atoms with Crippen LogP contribution in [0, 0.1) is 0 Å². The van der Waals surface area contributed by atoms with Crippen LogP contribution in [0.4, 0.5) is 0 Å². The molecule has 0 spiro atoms. The van der Waals surface area contributed by atoms with E-state index in [1.165, 1.54) is 5.01 Å². The number of nitrogens with one attached hydrogen (secondary N) is 1. The summed E-state index contributed by atoms with van der Waals surface area (Å²) in [6.45, 7) is 3.50. The van der Waals surface area contributed by atoms with Gasteiger partial charge < -0.3 is 9.88 Å². The first kappa shape index (κ1) is 18.9. The number of carbonyl (C=O) groups excluding carboxylic acids is 2. The smallest absolute Gasteiger partial charge is 0.267 e. The minimum atomic E-state index is -0.259. The number of aromatic nitrogens is 2. The van der Waals surface area contributed by atoms with E-state index in [4.69, 9.17) is 0 Å². The molecule has 2 heterocycles. The van der Waals surface area contributed by atoms with Crippen molar-refractivity contribution in [1.29, 1.82) is 0 Å². The lowest BCUT2D eigenvalue weighted by Crippen LogP contribution is -2.38. The molecule has 1 N–H and O–H groups in total. The molecule has 0 atom stereocenters. The van der Waals surface area contributed by atoms with Gasteiger partial charge in [-0.25, -0.2) is 9.99 Å². The summed E-state index contributed by atoms with van der Waals surface area (Å²) in [5, 5.41) is 8.61. The highest BCUT2D eigenvalue weighted by atomic mass is 16.2. The molecule has 1 aliphatic heterocycles. The molecule has 0 saturated heterocycles. The molecule has 0 fully saturated rings. The second kappa shape index (κ2) is 8.26. The van der Waals surface area contributed by atoms with Crippen LogP contribution >= 0.6 is 0 Å². The van der Waals surface area contributed by atoms with Crippen molar-refractivity contribution in [2.75, 3.05) is 0 Å². The number of carbonyl (C=O) groups is 2. The fourth-order valence-electron chi connectivity index (χ4n) is 3.52. The Labute approximate surface area is 169 Å². The van der Waals surface area contributed by atoms with Crippen LogP contribution in [0.15, 0.2) is 59.7 Å². The molecule has 7 heteroatoms. The molecule has 0 saturated carbocycles. The van der Waals surface area contributed by atoms with Gasteiger partial charge in [-0.1, -0.05) is 42.5 Å². The molecule has 148 valence electrons. The van der Waals surface area contributed by atoms with E-state index in [0.717, 1.165) is 29.0 Å². The number of amides is 2. The average Bonchev–Trinajstić information content (AvgIpc) is 3.12. The zero-order chi connectivity index (χ0) is 20.2. The van der Waals surface area contributed by atoms with Crippen molar-refractivity contribution in [3.63, 3.8) is 0 Å². The predicted molar refractivity (Wildman–Crippen MR) is 111 cm³/mol. The predicted octanol–water partition coefficient (Wildman–Crippen LogP) is 2.85.